The summed E-state index contributed by atoms with van der Waals surface area (Å²) in [5.74, 6) is -0.355. The number of nitrogens with two attached hydrogens (primary N) is 1. The lowest BCUT2D eigenvalue weighted by molar-refractivity contribution is 0.0922. The first-order valence-corrected chi connectivity index (χ1v) is 5.37. The molecule has 0 radical (unpaired) electrons. The maximum Gasteiger partial charge on any atom is 0.251 e. The summed E-state index contributed by atoms with van der Waals surface area (Å²) in [4.78, 5) is 11.7. The van der Waals surface area contributed by atoms with Gasteiger partial charge in [0.05, 0.1) is 22.3 Å². The van der Waals surface area contributed by atoms with Crippen LogP contribution in [0.15, 0.2) is 12.1 Å². The number of carbonyl (C=O) groups is 1. The fraction of sp³-hybridized carbons (Fsp3) is 0.300. The van der Waals surface area contributed by atoms with Gasteiger partial charge in [0.1, 0.15) is 0 Å². The van der Waals surface area contributed by atoms with Gasteiger partial charge in [-0.25, -0.2) is 0 Å². The number of nitrogens with one attached hydrogen (secondary N) is 1. The highest BCUT2D eigenvalue weighted by Crippen LogP contribution is 2.29. The Kier molecular flexibility index (Phi) is 4.41. The van der Waals surface area contributed by atoms with Crippen molar-refractivity contribution in [1.82, 2.24) is 5.32 Å². The number of hydrogen-bond acceptors (Lipinski definition) is 3. The Hall–Kier alpha value is -0.970. The number of anilines is 1. The van der Waals surface area contributed by atoms with E-state index in [2.05, 4.69) is 5.32 Å². The van der Waals surface area contributed by atoms with E-state index in [4.69, 9.17) is 34.0 Å². The van der Waals surface area contributed by atoms with Crippen LogP contribution in [0.3, 0.4) is 0 Å². The van der Waals surface area contributed by atoms with Gasteiger partial charge in [0.15, 0.2) is 0 Å². The molecule has 4 N–H and O–H groups in total. The van der Waals surface area contributed by atoms with Gasteiger partial charge in [0.25, 0.3) is 5.91 Å². The van der Waals surface area contributed by atoms with Gasteiger partial charge in [-0.15, -0.1) is 0 Å². The zero-order chi connectivity index (χ0) is 12.3. The second kappa shape index (κ2) is 5.39. The second-order valence-corrected chi connectivity index (χ2v) is 4.20. The lowest BCUT2D eigenvalue weighted by Gasteiger charge is -2.11. The molecule has 0 heterocycles. The molecule has 1 atom stereocenters. The number of hydrogen-bond donors (Lipinski definition) is 3. The van der Waals surface area contributed by atoms with E-state index in [0.717, 1.165) is 0 Å². The van der Waals surface area contributed by atoms with E-state index in [0.29, 0.717) is 5.56 Å². The van der Waals surface area contributed by atoms with Crippen LogP contribution in [-0.4, -0.2) is 23.7 Å². The number of nitrogen functional groups attached to an aromatic ring is 1. The van der Waals surface area contributed by atoms with Crippen molar-refractivity contribution in [1.29, 1.82) is 0 Å². The van der Waals surface area contributed by atoms with Crippen molar-refractivity contribution in [3.63, 3.8) is 0 Å². The summed E-state index contributed by atoms with van der Waals surface area (Å²) in [6, 6.07) is 2.54. The summed E-state index contributed by atoms with van der Waals surface area (Å²) >= 11 is 11.6. The van der Waals surface area contributed by atoms with E-state index in [1.165, 1.54) is 12.1 Å². The van der Waals surface area contributed by atoms with Crippen LogP contribution in [0.2, 0.25) is 10.0 Å². The van der Waals surface area contributed by atoms with Gasteiger partial charge in [0.2, 0.25) is 0 Å². The largest absolute Gasteiger partial charge is 0.397 e. The zero-order valence-electron chi connectivity index (χ0n) is 8.63. The van der Waals surface area contributed by atoms with Crippen LogP contribution in [0.25, 0.3) is 0 Å². The zero-order valence-corrected chi connectivity index (χ0v) is 10.1. The molecule has 0 aliphatic carbocycles. The maximum absolute atomic E-state index is 11.7. The Labute approximate surface area is 103 Å². The Morgan fingerprint density at radius 3 is 2.69 bits per heavy atom. The Morgan fingerprint density at radius 2 is 2.19 bits per heavy atom. The van der Waals surface area contributed by atoms with Crippen molar-refractivity contribution >= 4 is 34.8 Å². The summed E-state index contributed by atoms with van der Waals surface area (Å²) in [6.45, 7) is 1.54. The summed E-state index contributed by atoms with van der Waals surface area (Å²) in [5.41, 5.74) is 6.14. The Morgan fingerprint density at radius 1 is 1.56 bits per heavy atom. The van der Waals surface area contributed by atoms with E-state index < -0.39 is 0 Å². The molecule has 1 aromatic carbocycles. The minimum Gasteiger partial charge on any atom is -0.397 e. The van der Waals surface area contributed by atoms with Crippen LogP contribution in [0.5, 0.6) is 0 Å². The lowest BCUT2D eigenvalue weighted by atomic mass is 10.2. The van der Waals surface area contributed by atoms with Crippen molar-refractivity contribution in [2.75, 3.05) is 12.3 Å². The fourth-order valence-electron chi connectivity index (χ4n) is 1.09. The predicted octanol–water partition coefficient (Wildman–Crippen LogP) is 1.69. The normalized spacial score (nSPS) is 12.2. The highest BCUT2D eigenvalue weighted by molar-refractivity contribution is 6.43. The molecular weight excluding hydrogens is 251 g/mol. The molecule has 0 aliphatic rings. The number of carbonyl (C=O) groups excluding carboxylic acids is 1. The molecule has 1 amide bonds. The third-order valence-electron chi connectivity index (χ3n) is 1.97. The number of amides is 1. The summed E-state index contributed by atoms with van der Waals surface area (Å²) in [6.07, 6.45) is 0. The van der Waals surface area contributed by atoms with Crippen LogP contribution in [0, 0.1) is 0 Å². The minimum absolute atomic E-state index is 0.136. The lowest BCUT2D eigenvalue weighted by Crippen LogP contribution is -2.35. The van der Waals surface area contributed by atoms with Gasteiger partial charge in [-0.3, -0.25) is 4.79 Å². The minimum atomic E-state index is -0.355. The highest BCUT2D eigenvalue weighted by Gasteiger charge is 2.12. The molecule has 0 aliphatic heterocycles. The average Bonchev–Trinajstić information content (AvgIpc) is 2.24. The first-order valence-electron chi connectivity index (χ1n) is 4.62. The van der Waals surface area contributed by atoms with E-state index in [-0.39, 0.29) is 34.3 Å². The SMILES string of the molecule is CC(CO)NC(=O)c1cc(N)c(Cl)c(Cl)c1. The molecule has 0 fully saturated rings. The summed E-state index contributed by atoms with van der Waals surface area (Å²) in [5, 5.41) is 11.8. The Balaban J connectivity index is 2.93. The molecule has 16 heavy (non-hydrogen) atoms. The monoisotopic (exact) mass is 262 g/mol. The van der Waals surface area contributed by atoms with Crippen LogP contribution in [0.1, 0.15) is 17.3 Å². The van der Waals surface area contributed by atoms with Crippen molar-refractivity contribution < 1.29 is 9.90 Å². The van der Waals surface area contributed by atoms with Crippen LogP contribution in [-0.2, 0) is 0 Å². The first-order chi connectivity index (χ1) is 7.45. The molecule has 1 unspecified atom stereocenters. The fourth-order valence-corrected chi connectivity index (χ4v) is 1.43. The number of aliphatic hydroxyl groups is 1. The van der Waals surface area contributed by atoms with Crippen molar-refractivity contribution in [2.45, 2.75) is 13.0 Å². The highest BCUT2D eigenvalue weighted by atomic mass is 35.5. The molecule has 6 heteroatoms. The quantitative estimate of drug-likeness (QED) is 0.726. The summed E-state index contributed by atoms with van der Waals surface area (Å²) < 4.78 is 0. The van der Waals surface area contributed by atoms with Gasteiger partial charge in [-0.2, -0.15) is 0 Å². The molecular formula is C10H12Cl2N2O2. The molecule has 1 rings (SSSR count). The van der Waals surface area contributed by atoms with Crippen molar-refractivity contribution in [3.8, 4) is 0 Å². The third kappa shape index (κ3) is 3.01. The van der Waals surface area contributed by atoms with E-state index >= 15 is 0 Å². The first kappa shape index (κ1) is 13.1. The van der Waals surface area contributed by atoms with Crippen LogP contribution in [0.4, 0.5) is 5.69 Å². The standard InChI is InChI=1S/C10H12Cl2N2O2/c1-5(4-15)14-10(16)6-2-7(11)9(12)8(13)3-6/h2-3,5,15H,4,13H2,1H3,(H,14,16). The van der Waals surface area contributed by atoms with Crippen molar-refractivity contribution in [3.05, 3.63) is 27.7 Å². The van der Waals surface area contributed by atoms with Crippen molar-refractivity contribution in [2.24, 2.45) is 0 Å². The smallest absolute Gasteiger partial charge is 0.251 e. The number of benzene rings is 1. The van der Waals surface area contributed by atoms with E-state index in [1.54, 1.807) is 6.92 Å². The average molecular weight is 263 g/mol. The molecule has 0 bridgehead atoms. The predicted molar refractivity (Wildman–Crippen MR) is 64.9 cm³/mol. The number of halogens is 2. The molecule has 1 aromatic rings. The molecule has 0 saturated carbocycles. The molecule has 4 nitrogen and oxygen atoms in total. The van der Waals surface area contributed by atoms with Gasteiger partial charge in [-0.1, -0.05) is 23.2 Å². The number of aliphatic hydroxyl groups excluding tert-OH is 1. The van der Waals surface area contributed by atoms with Gasteiger partial charge < -0.3 is 16.2 Å². The third-order valence-corrected chi connectivity index (χ3v) is 2.79. The molecule has 0 aromatic heterocycles. The maximum atomic E-state index is 11.7. The van der Waals surface area contributed by atoms with Gasteiger partial charge in [-0.05, 0) is 19.1 Å². The topological polar surface area (TPSA) is 75.3 Å². The van der Waals surface area contributed by atoms with Gasteiger partial charge in [0, 0.05) is 11.6 Å². The van der Waals surface area contributed by atoms with Gasteiger partial charge >= 0.3 is 0 Å². The molecule has 88 valence electrons. The summed E-state index contributed by atoms with van der Waals surface area (Å²) in [7, 11) is 0. The van der Waals surface area contributed by atoms with E-state index in [1.807, 2.05) is 0 Å². The molecule has 0 saturated heterocycles. The Bertz CT molecular complexity index is 387. The van der Waals surface area contributed by atoms with Crippen LogP contribution >= 0.6 is 23.2 Å². The second-order valence-electron chi connectivity index (χ2n) is 3.42. The number of rotatable bonds is 3. The van der Waals surface area contributed by atoms with Crippen LogP contribution < -0.4 is 11.1 Å². The molecule has 0 spiro atoms. The van der Waals surface area contributed by atoms with E-state index in [9.17, 15) is 4.79 Å².